The van der Waals surface area contributed by atoms with Gasteiger partial charge in [-0.3, -0.25) is 4.79 Å². The highest BCUT2D eigenvalue weighted by Crippen LogP contribution is 2.41. The second-order valence-electron chi connectivity index (χ2n) is 3.41. The molecule has 0 amide bonds. The lowest BCUT2D eigenvalue weighted by molar-refractivity contribution is -0.140. The maximum atomic E-state index is 11.4. The molecule has 1 aliphatic heterocycles. The van der Waals surface area contributed by atoms with Crippen LogP contribution in [-0.4, -0.2) is 26.3 Å². The van der Waals surface area contributed by atoms with Crippen LogP contribution in [0.2, 0.25) is 0 Å². The monoisotopic (exact) mass is 320 g/mol. The van der Waals surface area contributed by atoms with E-state index in [4.69, 9.17) is 21.1 Å². The number of benzene rings is 1. The quantitative estimate of drug-likeness (QED) is 0.620. The number of carbonyl (C=O) groups is 1. The molecule has 4 nitrogen and oxygen atoms in total. The summed E-state index contributed by atoms with van der Waals surface area (Å²) in [6, 6.07) is 3.41. The van der Waals surface area contributed by atoms with Gasteiger partial charge in [-0.15, -0.1) is 11.6 Å². The lowest BCUT2D eigenvalue weighted by Gasteiger charge is -2.21. The number of fused-ring (bicyclic) bond motifs is 1. The highest BCUT2D eigenvalue weighted by molar-refractivity contribution is 9.10. The van der Waals surface area contributed by atoms with E-state index in [2.05, 4.69) is 20.7 Å². The zero-order valence-corrected chi connectivity index (χ0v) is 11.4. The van der Waals surface area contributed by atoms with Crippen molar-refractivity contribution in [2.45, 2.75) is 5.38 Å². The minimum Gasteiger partial charge on any atom is -0.486 e. The van der Waals surface area contributed by atoms with Crippen LogP contribution >= 0.6 is 27.5 Å². The molecule has 0 N–H and O–H groups in total. The first-order valence-electron chi connectivity index (χ1n) is 4.94. The van der Waals surface area contributed by atoms with Gasteiger partial charge in [-0.05, 0) is 33.6 Å². The second kappa shape index (κ2) is 5.14. The number of methoxy groups -OCH3 is 1. The first-order valence-corrected chi connectivity index (χ1v) is 6.17. The van der Waals surface area contributed by atoms with Gasteiger partial charge in [0.2, 0.25) is 0 Å². The number of ether oxygens (including phenoxy) is 3. The van der Waals surface area contributed by atoms with E-state index in [0.717, 1.165) is 0 Å². The van der Waals surface area contributed by atoms with E-state index >= 15 is 0 Å². The number of hydrogen-bond donors (Lipinski definition) is 0. The van der Waals surface area contributed by atoms with Gasteiger partial charge in [-0.1, -0.05) is 0 Å². The van der Waals surface area contributed by atoms with Gasteiger partial charge in [-0.25, -0.2) is 0 Å². The number of rotatable bonds is 2. The van der Waals surface area contributed by atoms with Crippen molar-refractivity contribution in [1.82, 2.24) is 0 Å². The van der Waals surface area contributed by atoms with Crippen LogP contribution in [0.5, 0.6) is 11.5 Å². The third kappa shape index (κ3) is 2.50. The standard InChI is InChI=1S/C11H10BrClO4/c1-15-11(14)9(13)6-4-7(12)10-8(5-6)16-2-3-17-10/h4-5,9H,2-3H2,1H3. The van der Waals surface area contributed by atoms with Crippen LogP contribution in [0.3, 0.4) is 0 Å². The molecule has 1 heterocycles. The van der Waals surface area contributed by atoms with Crippen LogP contribution in [-0.2, 0) is 9.53 Å². The molecule has 0 aromatic heterocycles. The van der Waals surface area contributed by atoms with E-state index in [-0.39, 0.29) is 0 Å². The summed E-state index contributed by atoms with van der Waals surface area (Å²) in [6.45, 7) is 0.986. The van der Waals surface area contributed by atoms with Crippen LogP contribution in [0.25, 0.3) is 0 Å². The lowest BCUT2D eigenvalue weighted by atomic mass is 10.1. The molecular formula is C11H10BrClO4. The van der Waals surface area contributed by atoms with Gasteiger partial charge in [0.25, 0.3) is 0 Å². The van der Waals surface area contributed by atoms with E-state index in [1.54, 1.807) is 12.1 Å². The fraction of sp³-hybridized carbons (Fsp3) is 0.364. The summed E-state index contributed by atoms with van der Waals surface area (Å²) in [4.78, 5) is 11.4. The molecule has 0 fully saturated rings. The van der Waals surface area contributed by atoms with Crippen LogP contribution < -0.4 is 9.47 Å². The Bertz CT molecular complexity index is 449. The maximum absolute atomic E-state index is 11.4. The van der Waals surface area contributed by atoms with Crippen molar-refractivity contribution in [1.29, 1.82) is 0 Å². The predicted octanol–water partition coefficient (Wildman–Crippen LogP) is 2.67. The summed E-state index contributed by atoms with van der Waals surface area (Å²) in [5, 5.41) is -0.855. The molecule has 2 rings (SSSR count). The van der Waals surface area contributed by atoms with Gasteiger partial charge < -0.3 is 14.2 Å². The molecule has 92 valence electrons. The van der Waals surface area contributed by atoms with Crippen molar-refractivity contribution in [2.75, 3.05) is 20.3 Å². The van der Waals surface area contributed by atoms with Crippen molar-refractivity contribution in [3.8, 4) is 11.5 Å². The third-order valence-electron chi connectivity index (χ3n) is 2.32. The second-order valence-corrected chi connectivity index (χ2v) is 4.70. The van der Waals surface area contributed by atoms with E-state index in [1.807, 2.05) is 0 Å². The van der Waals surface area contributed by atoms with Gasteiger partial charge in [0.15, 0.2) is 16.9 Å². The summed E-state index contributed by atoms with van der Waals surface area (Å²) in [5.74, 6) is 0.708. The lowest BCUT2D eigenvalue weighted by Crippen LogP contribution is -2.16. The van der Waals surface area contributed by atoms with Crippen molar-refractivity contribution >= 4 is 33.5 Å². The molecular weight excluding hydrogens is 311 g/mol. The van der Waals surface area contributed by atoms with Crippen molar-refractivity contribution < 1.29 is 19.0 Å². The highest BCUT2D eigenvalue weighted by Gasteiger charge is 2.23. The normalized spacial score (nSPS) is 15.2. The molecule has 0 spiro atoms. The number of esters is 1. The Morgan fingerprint density at radius 1 is 1.47 bits per heavy atom. The van der Waals surface area contributed by atoms with Gasteiger partial charge in [0.1, 0.15) is 13.2 Å². The Kier molecular flexibility index (Phi) is 3.79. The minimum absolute atomic E-state index is 0.480. The number of carbonyl (C=O) groups excluding carboxylic acids is 1. The van der Waals surface area contributed by atoms with Crippen molar-refractivity contribution in [2.24, 2.45) is 0 Å². The molecule has 0 saturated carbocycles. The zero-order valence-electron chi connectivity index (χ0n) is 9.04. The molecule has 0 saturated heterocycles. The Morgan fingerprint density at radius 3 is 2.88 bits per heavy atom. The first kappa shape index (κ1) is 12.5. The predicted molar refractivity (Wildman–Crippen MR) is 65.7 cm³/mol. The van der Waals surface area contributed by atoms with Crippen LogP contribution in [0.15, 0.2) is 16.6 Å². The smallest absolute Gasteiger partial charge is 0.328 e. The zero-order chi connectivity index (χ0) is 12.4. The molecule has 1 aromatic carbocycles. The molecule has 1 aromatic rings. The van der Waals surface area contributed by atoms with E-state index in [9.17, 15) is 4.79 Å². The number of alkyl halides is 1. The Morgan fingerprint density at radius 2 is 2.18 bits per heavy atom. The molecule has 1 aliphatic rings. The SMILES string of the molecule is COC(=O)C(Cl)c1cc(Br)c2c(c1)OCCO2. The highest BCUT2D eigenvalue weighted by atomic mass is 79.9. The van der Waals surface area contributed by atoms with Gasteiger partial charge in [-0.2, -0.15) is 0 Å². The Labute approximate surface area is 112 Å². The number of hydrogen-bond acceptors (Lipinski definition) is 4. The average Bonchev–Trinajstić information content (AvgIpc) is 2.37. The summed E-state index contributed by atoms with van der Waals surface area (Å²) >= 11 is 9.34. The molecule has 6 heteroatoms. The van der Waals surface area contributed by atoms with Crippen molar-refractivity contribution in [3.63, 3.8) is 0 Å². The molecule has 0 aliphatic carbocycles. The largest absolute Gasteiger partial charge is 0.486 e. The summed E-state index contributed by atoms with van der Waals surface area (Å²) < 4.78 is 16.2. The van der Waals surface area contributed by atoms with Crippen LogP contribution in [0.4, 0.5) is 0 Å². The fourth-order valence-corrected chi connectivity index (χ4v) is 2.31. The number of halogens is 2. The average molecular weight is 322 g/mol. The minimum atomic E-state index is -0.855. The molecule has 0 bridgehead atoms. The molecule has 17 heavy (non-hydrogen) atoms. The Hall–Kier alpha value is -0.940. The van der Waals surface area contributed by atoms with E-state index < -0.39 is 11.3 Å². The van der Waals surface area contributed by atoms with E-state index in [0.29, 0.717) is 34.7 Å². The summed E-state index contributed by atoms with van der Waals surface area (Å²) in [7, 11) is 1.30. The van der Waals surface area contributed by atoms with Crippen LogP contribution in [0, 0.1) is 0 Å². The van der Waals surface area contributed by atoms with Gasteiger partial charge in [0, 0.05) is 0 Å². The molecule has 1 atom stereocenters. The third-order valence-corrected chi connectivity index (χ3v) is 3.34. The fourth-order valence-electron chi connectivity index (χ4n) is 1.52. The van der Waals surface area contributed by atoms with Crippen LogP contribution in [0.1, 0.15) is 10.9 Å². The Balaban J connectivity index is 2.37. The van der Waals surface area contributed by atoms with Gasteiger partial charge >= 0.3 is 5.97 Å². The molecule has 1 unspecified atom stereocenters. The summed E-state index contributed by atoms with van der Waals surface area (Å²) in [6.07, 6.45) is 0. The van der Waals surface area contributed by atoms with Crippen molar-refractivity contribution in [3.05, 3.63) is 22.2 Å². The molecule has 0 radical (unpaired) electrons. The van der Waals surface area contributed by atoms with E-state index in [1.165, 1.54) is 7.11 Å². The summed E-state index contributed by atoms with van der Waals surface area (Å²) in [5.41, 5.74) is 0.606. The topological polar surface area (TPSA) is 44.8 Å². The first-order chi connectivity index (χ1) is 8.13. The van der Waals surface area contributed by atoms with Gasteiger partial charge in [0.05, 0.1) is 11.6 Å². The maximum Gasteiger partial charge on any atom is 0.328 e.